The van der Waals surface area contributed by atoms with Crippen LogP contribution < -0.4 is 10.6 Å². The quantitative estimate of drug-likeness (QED) is 0.850. The van der Waals surface area contributed by atoms with Crippen LogP contribution in [0.4, 0.5) is 0 Å². The van der Waals surface area contributed by atoms with E-state index in [2.05, 4.69) is 10.6 Å². The SMILES string of the molecule is CC(=O)N[C@@H](CC(=O)NCc1ccccc1Cl)c1cccs1. The zero-order valence-electron chi connectivity index (χ0n) is 12.1. The highest BCUT2D eigenvalue weighted by atomic mass is 35.5. The van der Waals surface area contributed by atoms with E-state index in [1.807, 2.05) is 35.7 Å². The van der Waals surface area contributed by atoms with E-state index < -0.39 is 0 Å². The number of carbonyl (C=O) groups is 2. The molecule has 0 saturated carbocycles. The molecule has 0 unspecified atom stereocenters. The molecular formula is C16H17ClN2O2S. The summed E-state index contributed by atoms with van der Waals surface area (Å²) >= 11 is 7.57. The molecule has 0 saturated heterocycles. The Kier molecular flexibility index (Phi) is 5.98. The zero-order valence-corrected chi connectivity index (χ0v) is 13.7. The maximum absolute atomic E-state index is 12.1. The number of thiophene rings is 1. The van der Waals surface area contributed by atoms with Crippen LogP contribution in [0.25, 0.3) is 0 Å². The van der Waals surface area contributed by atoms with E-state index in [0.717, 1.165) is 10.4 Å². The van der Waals surface area contributed by atoms with E-state index >= 15 is 0 Å². The Labute approximate surface area is 138 Å². The molecule has 4 nitrogen and oxygen atoms in total. The van der Waals surface area contributed by atoms with Gasteiger partial charge in [-0.05, 0) is 23.1 Å². The second-order valence-electron chi connectivity index (χ2n) is 4.84. The van der Waals surface area contributed by atoms with Gasteiger partial charge in [-0.15, -0.1) is 11.3 Å². The Morgan fingerprint density at radius 1 is 1.23 bits per heavy atom. The summed E-state index contributed by atoms with van der Waals surface area (Å²) in [6, 6.07) is 10.9. The molecule has 0 bridgehead atoms. The molecule has 2 aromatic rings. The molecule has 2 amide bonds. The van der Waals surface area contributed by atoms with Crippen molar-refractivity contribution < 1.29 is 9.59 Å². The zero-order chi connectivity index (χ0) is 15.9. The number of nitrogens with one attached hydrogen (secondary N) is 2. The first kappa shape index (κ1) is 16.5. The summed E-state index contributed by atoms with van der Waals surface area (Å²) < 4.78 is 0. The van der Waals surface area contributed by atoms with Crippen molar-refractivity contribution in [1.82, 2.24) is 10.6 Å². The third kappa shape index (κ3) is 4.86. The summed E-state index contributed by atoms with van der Waals surface area (Å²) in [5.41, 5.74) is 0.865. The highest BCUT2D eigenvalue weighted by Crippen LogP contribution is 2.22. The van der Waals surface area contributed by atoms with Crippen molar-refractivity contribution in [3.8, 4) is 0 Å². The second-order valence-corrected chi connectivity index (χ2v) is 6.23. The van der Waals surface area contributed by atoms with E-state index in [9.17, 15) is 9.59 Å². The molecule has 1 heterocycles. The van der Waals surface area contributed by atoms with E-state index in [-0.39, 0.29) is 24.3 Å². The lowest BCUT2D eigenvalue weighted by atomic mass is 10.1. The lowest BCUT2D eigenvalue weighted by Gasteiger charge is -2.16. The third-order valence-corrected chi connectivity index (χ3v) is 4.44. The van der Waals surface area contributed by atoms with Crippen LogP contribution in [0.1, 0.15) is 29.8 Å². The van der Waals surface area contributed by atoms with E-state index in [1.165, 1.54) is 18.3 Å². The number of rotatable bonds is 6. The summed E-state index contributed by atoms with van der Waals surface area (Å²) in [6.07, 6.45) is 0.199. The smallest absolute Gasteiger partial charge is 0.222 e. The fourth-order valence-corrected chi connectivity index (χ4v) is 3.03. The van der Waals surface area contributed by atoms with Gasteiger partial charge in [0.05, 0.1) is 12.5 Å². The molecule has 0 aliphatic heterocycles. The van der Waals surface area contributed by atoms with E-state index in [1.54, 1.807) is 6.07 Å². The van der Waals surface area contributed by atoms with Gasteiger partial charge in [0, 0.05) is 23.4 Å². The molecule has 0 spiro atoms. The number of hydrogen-bond acceptors (Lipinski definition) is 3. The van der Waals surface area contributed by atoms with Gasteiger partial charge >= 0.3 is 0 Å². The first-order valence-corrected chi connectivity index (χ1v) is 8.12. The minimum atomic E-state index is -0.302. The predicted octanol–water partition coefficient (Wildman–Crippen LogP) is 3.29. The molecule has 0 fully saturated rings. The molecule has 6 heteroatoms. The number of benzene rings is 1. The summed E-state index contributed by atoms with van der Waals surface area (Å²) in [5.74, 6) is -0.288. The van der Waals surface area contributed by atoms with E-state index in [0.29, 0.717) is 11.6 Å². The third-order valence-electron chi connectivity index (χ3n) is 3.09. The highest BCUT2D eigenvalue weighted by molar-refractivity contribution is 7.10. The van der Waals surface area contributed by atoms with Crippen molar-refractivity contribution in [2.24, 2.45) is 0 Å². The van der Waals surface area contributed by atoms with Crippen molar-refractivity contribution >= 4 is 34.8 Å². The maximum atomic E-state index is 12.1. The van der Waals surface area contributed by atoms with Crippen LogP contribution in [0, 0.1) is 0 Å². The Hall–Kier alpha value is -1.85. The van der Waals surface area contributed by atoms with Crippen molar-refractivity contribution in [2.45, 2.75) is 25.9 Å². The van der Waals surface area contributed by atoms with Gasteiger partial charge in [-0.2, -0.15) is 0 Å². The van der Waals surface area contributed by atoms with Crippen LogP contribution in [0.15, 0.2) is 41.8 Å². The Morgan fingerprint density at radius 3 is 2.64 bits per heavy atom. The molecular weight excluding hydrogens is 320 g/mol. The molecule has 116 valence electrons. The van der Waals surface area contributed by atoms with Gasteiger partial charge in [0.25, 0.3) is 0 Å². The van der Waals surface area contributed by atoms with Gasteiger partial charge in [0.2, 0.25) is 11.8 Å². The lowest BCUT2D eigenvalue weighted by molar-refractivity contribution is -0.122. The summed E-state index contributed by atoms with van der Waals surface area (Å²) in [7, 11) is 0. The van der Waals surface area contributed by atoms with Gasteiger partial charge in [-0.3, -0.25) is 9.59 Å². The Morgan fingerprint density at radius 2 is 2.00 bits per heavy atom. The molecule has 0 radical (unpaired) electrons. The van der Waals surface area contributed by atoms with Crippen LogP contribution in [0.2, 0.25) is 5.02 Å². The fraction of sp³-hybridized carbons (Fsp3) is 0.250. The molecule has 2 N–H and O–H groups in total. The standard InChI is InChI=1S/C16H17ClN2O2S/c1-11(20)19-14(15-7-4-8-22-15)9-16(21)18-10-12-5-2-3-6-13(12)17/h2-8,14H,9-10H2,1H3,(H,18,21)(H,19,20)/t14-/m0/s1. The normalized spacial score (nSPS) is 11.7. The second kappa shape index (κ2) is 7.96. The molecule has 1 atom stereocenters. The monoisotopic (exact) mass is 336 g/mol. The van der Waals surface area contributed by atoms with Gasteiger partial charge in [0.15, 0.2) is 0 Å². The fourth-order valence-electron chi connectivity index (χ4n) is 2.05. The Bertz CT molecular complexity index is 643. The molecule has 0 aliphatic carbocycles. The summed E-state index contributed by atoms with van der Waals surface area (Å²) in [6.45, 7) is 1.82. The van der Waals surface area contributed by atoms with Gasteiger partial charge in [-0.1, -0.05) is 35.9 Å². The minimum absolute atomic E-state index is 0.132. The first-order chi connectivity index (χ1) is 10.6. The lowest BCUT2D eigenvalue weighted by Crippen LogP contribution is -2.32. The van der Waals surface area contributed by atoms with Crippen LogP contribution in [-0.2, 0) is 16.1 Å². The Balaban J connectivity index is 1.94. The largest absolute Gasteiger partial charge is 0.352 e. The maximum Gasteiger partial charge on any atom is 0.222 e. The number of carbonyl (C=O) groups excluding carboxylic acids is 2. The summed E-state index contributed by atoms with van der Waals surface area (Å²) in [5, 5.41) is 8.19. The van der Waals surface area contributed by atoms with Crippen LogP contribution in [-0.4, -0.2) is 11.8 Å². The number of amides is 2. The van der Waals surface area contributed by atoms with Crippen LogP contribution >= 0.6 is 22.9 Å². The molecule has 1 aromatic heterocycles. The average Bonchev–Trinajstić information content (AvgIpc) is 2.99. The molecule has 22 heavy (non-hydrogen) atoms. The summed E-state index contributed by atoms with van der Waals surface area (Å²) in [4.78, 5) is 24.4. The van der Waals surface area contributed by atoms with Crippen molar-refractivity contribution in [3.63, 3.8) is 0 Å². The van der Waals surface area contributed by atoms with Gasteiger partial charge in [0.1, 0.15) is 0 Å². The highest BCUT2D eigenvalue weighted by Gasteiger charge is 2.18. The average molecular weight is 337 g/mol. The van der Waals surface area contributed by atoms with Crippen LogP contribution in [0.3, 0.4) is 0 Å². The first-order valence-electron chi connectivity index (χ1n) is 6.87. The van der Waals surface area contributed by atoms with Gasteiger partial charge in [-0.25, -0.2) is 0 Å². The van der Waals surface area contributed by atoms with Crippen molar-refractivity contribution in [1.29, 1.82) is 0 Å². The predicted molar refractivity (Wildman–Crippen MR) is 88.8 cm³/mol. The molecule has 0 aliphatic rings. The van der Waals surface area contributed by atoms with Gasteiger partial charge < -0.3 is 10.6 Å². The van der Waals surface area contributed by atoms with E-state index in [4.69, 9.17) is 11.6 Å². The number of halogens is 1. The number of hydrogen-bond donors (Lipinski definition) is 2. The topological polar surface area (TPSA) is 58.2 Å². The minimum Gasteiger partial charge on any atom is -0.352 e. The molecule has 2 rings (SSSR count). The van der Waals surface area contributed by atoms with Crippen molar-refractivity contribution in [2.75, 3.05) is 0 Å². The van der Waals surface area contributed by atoms with Crippen LogP contribution in [0.5, 0.6) is 0 Å². The van der Waals surface area contributed by atoms with Crippen molar-refractivity contribution in [3.05, 3.63) is 57.2 Å². The molecule has 1 aromatic carbocycles.